The number of fused-ring (bicyclic) bond motifs is 2. The molecule has 46 heavy (non-hydrogen) atoms. The molecule has 2 N–H and O–H groups in total. The standard InChI is InChI=1S/C29H15ClF6N6O2S2/c30-14-11-9-13(10-12-14)19(20-22(28(31,32)33)39-41(24(20)43)26-37-15-5-1-3-7-17(15)45-26)21-23(29(34,35)36)40-42(25(21)44)27-38-16-6-2-4-8-18(16)46-27/h1-12,19,39-40H. The number of para-hydroxylation sites is 2. The number of thiazole rings is 2. The number of nitrogens with zero attached hydrogens (tertiary/aromatic N) is 4. The molecule has 0 bridgehead atoms. The zero-order chi connectivity index (χ0) is 32.5. The SMILES string of the molecule is O=c1c(C(c2ccc(Cl)cc2)c2c(C(F)(F)F)[nH]n(-c3nc4ccccc4s3)c2=O)c(C(F)(F)F)[nH]n1-c1nc2ccccc2s1. The number of aromatic nitrogens is 6. The summed E-state index contributed by atoms with van der Waals surface area (Å²) in [7, 11) is 0. The first kappa shape index (κ1) is 30.0. The molecule has 0 aliphatic rings. The summed E-state index contributed by atoms with van der Waals surface area (Å²) in [6.07, 6.45) is -10.5. The van der Waals surface area contributed by atoms with Crippen molar-refractivity contribution in [1.82, 2.24) is 29.5 Å². The average molecular weight is 693 g/mol. The van der Waals surface area contributed by atoms with Crippen molar-refractivity contribution >= 4 is 54.7 Å². The molecule has 0 saturated heterocycles. The summed E-state index contributed by atoms with van der Waals surface area (Å²) in [5.74, 6) is -2.16. The molecule has 8 nitrogen and oxygen atoms in total. The predicted octanol–water partition coefficient (Wildman–Crippen LogP) is 7.74. The number of hydrogen-bond acceptors (Lipinski definition) is 6. The van der Waals surface area contributed by atoms with Gasteiger partial charge in [-0.15, -0.1) is 0 Å². The molecule has 234 valence electrons. The zero-order valence-corrected chi connectivity index (χ0v) is 25.0. The average Bonchev–Trinajstić information content (AvgIpc) is 3.77. The molecule has 0 spiro atoms. The first-order valence-corrected chi connectivity index (χ1v) is 15.1. The lowest BCUT2D eigenvalue weighted by Crippen LogP contribution is -2.27. The van der Waals surface area contributed by atoms with Gasteiger partial charge in [-0.25, -0.2) is 9.97 Å². The third kappa shape index (κ3) is 5.02. The quantitative estimate of drug-likeness (QED) is 0.180. The van der Waals surface area contributed by atoms with Gasteiger partial charge in [0, 0.05) is 10.9 Å². The Morgan fingerprint density at radius 1 is 0.652 bits per heavy atom. The maximum absolute atomic E-state index is 14.7. The number of benzene rings is 3. The summed E-state index contributed by atoms with van der Waals surface area (Å²) in [5.41, 5.74) is -7.68. The van der Waals surface area contributed by atoms with Crippen LogP contribution in [0.15, 0.2) is 82.4 Å². The van der Waals surface area contributed by atoms with Crippen LogP contribution in [0.4, 0.5) is 26.3 Å². The summed E-state index contributed by atoms with van der Waals surface area (Å²) in [6, 6.07) is 17.9. The normalized spacial score (nSPS) is 12.6. The van der Waals surface area contributed by atoms with Crippen molar-refractivity contribution in [2.24, 2.45) is 0 Å². The molecule has 0 unspecified atom stereocenters. The summed E-state index contributed by atoms with van der Waals surface area (Å²) in [5, 5.41) is 3.80. The number of rotatable bonds is 5. The molecule has 0 atom stereocenters. The Labute approximate surface area is 265 Å². The van der Waals surface area contributed by atoms with Crippen LogP contribution in [0.25, 0.3) is 30.7 Å². The van der Waals surface area contributed by atoms with Gasteiger partial charge in [0.25, 0.3) is 11.1 Å². The minimum Gasteiger partial charge on any atom is -0.284 e. The van der Waals surface area contributed by atoms with Gasteiger partial charge in [0.15, 0.2) is 0 Å². The van der Waals surface area contributed by atoms with Crippen LogP contribution in [0.1, 0.15) is 34.0 Å². The molecular formula is C29H15ClF6N6O2S2. The van der Waals surface area contributed by atoms with Crippen LogP contribution in [-0.4, -0.2) is 29.5 Å². The van der Waals surface area contributed by atoms with Gasteiger partial charge in [-0.05, 0) is 42.0 Å². The van der Waals surface area contributed by atoms with E-state index in [4.69, 9.17) is 11.6 Å². The minimum absolute atomic E-state index is 0.122. The van der Waals surface area contributed by atoms with E-state index >= 15 is 0 Å². The maximum atomic E-state index is 14.7. The van der Waals surface area contributed by atoms with Gasteiger partial charge >= 0.3 is 12.4 Å². The van der Waals surface area contributed by atoms with Crippen molar-refractivity contribution in [2.75, 3.05) is 0 Å². The molecule has 4 heterocycles. The van der Waals surface area contributed by atoms with E-state index in [0.29, 0.717) is 29.8 Å². The van der Waals surface area contributed by atoms with E-state index in [1.807, 2.05) is 10.2 Å². The van der Waals surface area contributed by atoms with Crippen LogP contribution in [0.2, 0.25) is 5.02 Å². The van der Waals surface area contributed by atoms with Crippen LogP contribution in [-0.2, 0) is 12.4 Å². The molecular weight excluding hydrogens is 678 g/mol. The number of halogens is 7. The molecule has 0 fully saturated rings. The van der Waals surface area contributed by atoms with E-state index in [9.17, 15) is 35.9 Å². The van der Waals surface area contributed by atoms with E-state index in [1.54, 1.807) is 48.5 Å². The minimum atomic E-state index is -5.26. The Hall–Kier alpha value is -4.67. The lowest BCUT2D eigenvalue weighted by Gasteiger charge is -2.19. The van der Waals surface area contributed by atoms with Gasteiger partial charge in [-0.2, -0.15) is 35.7 Å². The molecule has 7 aromatic rings. The van der Waals surface area contributed by atoms with Crippen molar-refractivity contribution < 1.29 is 26.3 Å². The molecule has 0 saturated carbocycles. The van der Waals surface area contributed by atoms with E-state index in [1.165, 1.54) is 12.1 Å². The molecule has 3 aromatic carbocycles. The summed E-state index contributed by atoms with van der Waals surface area (Å²) in [4.78, 5) is 36.5. The number of H-pyrrole nitrogens is 2. The number of nitrogens with one attached hydrogen (secondary N) is 2. The molecule has 17 heteroatoms. The van der Waals surface area contributed by atoms with Crippen molar-refractivity contribution in [3.63, 3.8) is 0 Å². The van der Waals surface area contributed by atoms with Crippen molar-refractivity contribution in [3.05, 3.63) is 127 Å². The summed E-state index contributed by atoms with van der Waals surface area (Å²) < 4.78 is 90.3. The van der Waals surface area contributed by atoms with Gasteiger partial charge in [-0.1, -0.05) is 70.7 Å². The molecule has 0 aliphatic heterocycles. The Bertz CT molecular complexity index is 2170. The van der Waals surface area contributed by atoms with Crippen LogP contribution >= 0.6 is 34.3 Å². The van der Waals surface area contributed by atoms with E-state index in [-0.39, 0.29) is 20.8 Å². The fraction of sp³-hybridized carbons (Fsp3) is 0.103. The third-order valence-electron chi connectivity index (χ3n) is 7.15. The van der Waals surface area contributed by atoms with Crippen molar-refractivity contribution in [2.45, 2.75) is 18.3 Å². The molecule has 0 amide bonds. The maximum Gasteiger partial charge on any atom is 0.433 e. The zero-order valence-electron chi connectivity index (χ0n) is 22.6. The Morgan fingerprint density at radius 3 is 1.46 bits per heavy atom. The second-order valence-corrected chi connectivity index (χ2v) is 12.4. The molecule has 0 radical (unpaired) electrons. The molecule has 0 aliphatic carbocycles. The highest BCUT2D eigenvalue weighted by Gasteiger charge is 2.47. The van der Waals surface area contributed by atoms with Gasteiger partial charge < -0.3 is 0 Å². The summed E-state index contributed by atoms with van der Waals surface area (Å²) in [6.45, 7) is 0. The second kappa shape index (κ2) is 10.7. The first-order valence-electron chi connectivity index (χ1n) is 13.1. The lowest BCUT2D eigenvalue weighted by atomic mass is 9.84. The van der Waals surface area contributed by atoms with Crippen molar-refractivity contribution in [1.29, 1.82) is 0 Å². The fourth-order valence-corrected chi connectivity index (χ4v) is 7.16. The van der Waals surface area contributed by atoms with Gasteiger partial charge in [0.2, 0.25) is 10.3 Å². The third-order valence-corrected chi connectivity index (χ3v) is 9.44. The Morgan fingerprint density at radius 2 is 1.07 bits per heavy atom. The van der Waals surface area contributed by atoms with Crippen LogP contribution < -0.4 is 11.1 Å². The van der Waals surface area contributed by atoms with Crippen molar-refractivity contribution in [3.8, 4) is 10.3 Å². The van der Waals surface area contributed by atoms with Gasteiger partial charge in [-0.3, -0.25) is 19.8 Å². The Balaban J connectivity index is 1.55. The Kier molecular flexibility index (Phi) is 6.99. The van der Waals surface area contributed by atoms with E-state index < -0.39 is 51.9 Å². The monoisotopic (exact) mass is 692 g/mol. The van der Waals surface area contributed by atoms with E-state index in [0.717, 1.165) is 34.8 Å². The number of alkyl halides is 6. The lowest BCUT2D eigenvalue weighted by molar-refractivity contribution is -0.142. The molecule has 4 aromatic heterocycles. The highest BCUT2D eigenvalue weighted by molar-refractivity contribution is 7.21. The van der Waals surface area contributed by atoms with Gasteiger partial charge in [0.05, 0.1) is 31.6 Å². The fourth-order valence-electron chi connectivity index (χ4n) is 5.18. The van der Waals surface area contributed by atoms with Crippen LogP contribution in [0, 0.1) is 0 Å². The highest BCUT2D eigenvalue weighted by Crippen LogP contribution is 2.42. The van der Waals surface area contributed by atoms with Gasteiger partial charge in [0.1, 0.15) is 11.4 Å². The number of hydrogen-bond donors (Lipinski definition) is 2. The van der Waals surface area contributed by atoms with Crippen LogP contribution in [0.3, 0.4) is 0 Å². The first-order chi connectivity index (χ1) is 21.8. The second-order valence-electron chi connectivity index (χ2n) is 9.99. The topological polar surface area (TPSA) is 101 Å². The molecule has 7 rings (SSSR count). The summed E-state index contributed by atoms with van der Waals surface area (Å²) >= 11 is 7.79. The largest absolute Gasteiger partial charge is 0.433 e. The smallest absolute Gasteiger partial charge is 0.284 e. The predicted molar refractivity (Wildman–Crippen MR) is 162 cm³/mol. The number of aromatic amines is 2. The highest BCUT2D eigenvalue weighted by atomic mass is 35.5. The van der Waals surface area contributed by atoms with Crippen LogP contribution in [0.5, 0.6) is 0 Å². The van der Waals surface area contributed by atoms with E-state index in [2.05, 4.69) is 9.97 Å².